The predicted octanol–water partition coefficient (Wildman–Crippen LogP) is 2.84. The van der Waals surface area contributed by atoms with Crippen LogP contribution < -0.4 is 0 Å². The number of aromatic nitrogens is 2. The zero-order chi connectivity index (χ0) is 18.6. The molecule has 3 heterocycles. The Labute approximate surface area is 155 Å². The lowest BCUT2D eigenvalue weighted by molar-refractivity contribution is -0.137. The van der Waals surface area contributed by atoms with Crippen molar-refractivity contribution >= 4 is 12.0 Å². The Morgan fingerprint density at radius 3 is 2.73 bits per heavy atom. The molecule has 0 aliphatic carbocycles. The van der Waals surface area contributed by atoms with Crippen LogP contribution in [0.1, 0.15) is 58.4 Å². The molecule has 3 rings (SSSR count). The topological polar surface area (TPSA) is 67.7 Å². The second-order valence-electron chi connectivity index (χ2n) is 7.54. The minimum atomic E-state index is -0.406. The molecule has 144 valence electrons. The molecule has 2 fully saturated rings. The first-order valence-corrected chi connectivity index (χ1v) is 9.79. The second-order valence-corrected chi connectivity index (χ2v) is 7.54. The van der Waals surface area contributed by atoms with Crippen LogP contribution in [0.3, 0.4) is 0 Å². The number of carbonyl (C=O) groups is 2. The first kappa shape index (κ1) is 18.7. The highest BCUT2D eigenvalue weighted by Crippen LogP contribution is 2.34. The maximum Gasteiger partial charge on any atom is 0.410 e. The average Bonchev–Trinajstić information content (AvgIpc) is 3.27. The number of ether oxygens (including phenoxy) is 1. The first-order chi connectivity index (χ1) is 12.5. The molecule has 0 aromatic carbocycles. The summed E-state index contributed by atoms with van der Waals surface area (Å²) in [5, 5.41) is 0. The molecule has 1 atom stereocenters. The summed E-state index contributed by atoms with van der Waals surface area (Å²) >= 11 is 0. The van der Waals surface area contributed by atoms with Gasteiger partial charge in [0, 0.05) is 44.9 Å². The number of likely N-dealkylation sites (tertiary alicyclic amines) is 1. The van der Waals surface area contributed by atoms with Gasteiger partial charge in [0.15, 0.2) is 0 Å². The summed E-state index contributed by atoms with van der Waals surface area (Å²) in [6.45, 7) is 6.78. The van der Waals surface area contributed by atoms with Crippen molar-refractivity contribution in [3.8, 4) is 0 Å². The summed E-state index contributed by atoms with van der Waals surface area (Å²) in [4.78, 5) is 32.6. The van der Waals surface area contributed by atoms with Crippen molar-refractivity contribution in [2.24, 2.45) is 0 Å². The van der Waals surface area contributed by atoms with E-state index in [1.54, 1.807) is 12.5 Å². The van der Waals surface area contributed by atoms with E-state index in [2.05, 4.69) is 11.9 Å². The molecular formula is C19H30N4O3. The molecule has 0 radical (unpaired) electrons. The largest absolute Gasteiger partial charge is 0.441 e. The highest BCUT2D eigenvalue weighted by atomic mass is 16.6. The maximum absolute atomic E-state index is 12.7. The van der Waals surface area contributed by atoms with Gasteiger partial charge in [-0.05, 0) is 13.3 Å². The zero-order valence-electron chi connectivity index (χ0n) is 15.9. The van der Waals surface area contributed by atoms with Gasteiger partial charge in [-0.15, -0.1) is 0 Å². The fourth-order valence-corrected chi connectivity index (χ4v) is 3.88. The Morgan fingerprint density at radius 2 is 2.08 bits per heavy atom. The summed E-state index contributed by atoms with van der Waals surface area (Å²) < 4.78 is 7.57. The molecule has 2 amide bonds. The fraction of sp³-hybridized carbons (Fsp3) is 0.737. The van der Waals surface area contributed by atoms with Gasteiger partial charge in [0.25, 0.3) is 0 Å². The first-order valence-electron chi connectivity index (χ1n) is 9.79. The highest BCUT2D eigenvalue weighted by molar-refractivity contribution is 5.80. The number of imidazole rings is 1. The zero-order valence-corrected chi connectivity index (χ0v) is 15.9. The molecule has 0 unspecified atom stereocenters. The monoisotopic (exact) mass is 362 g/mol. The molecule has 2 aliphatic heterocycles. The third kappa shape index (κ3) is 4.02. The molecular weight excluding hydrogens is 332 g/mol. The van der Waals surface area contributed by atoms with Crippen LogP contribution in [-0.2, 0) is 9.53 Å². The van der Waals surface area contributed by atoms with Gasteiger partial charge in [-0.3, -0.25) is 4.79 Å². The molecule has 7 nitrogen and oxygen atoms in total. The molecule has 2 saturated heterocycles. The van der Waals surface area contributed by atoms with Gasteiger partial charge in [-0.2, -0.15) is 0 Å². The van der Waals surface area contributed by atoms with Crippen LogP contribution in [0.15, 0.2) is 18.7 Å². The average molecular weight is 362 g/mol. The van der Waals surface area contributed by atoms with Crippen LogP contribution in [0.5, 0.6) is 0 Å². The number of carbonyl (C=O) groups excluding carboxylic acids is 2. The van der Waals surface area contributed by atoms with Crippen LogP contribution >= 0.6 is 0 Å². The summed E-state index contributed by atoms with van der Waals surface area (Å²) in [5.74, 6) is 0.0959. The van der Waals surface area contributed by atoms with Crippen molar-refractivity contribution in [1.29, 1.82) is 0 Å². The molecule has 1 aromatic rings. The van der Waals surface area contributed by atoms with Gasteiger partial charge in [0.2, 0.25) is 5.91 Å². The predicted molar refractivity (Wildman–Crippen MR) is 97.7 cm³/mol. The molecule has 7 heteroatoms. The van der Waals surface area contributed by atoms with E-state index >= 15 is 0 Å². The van der Waals surface area contributed by atoms with Gasteiger partial charge in [-0.1, -0.05) is 26.2 Å². The smallest absolute Gasteiger partial charge is 0.410 e. The number of unbranched alkanes of at least 4 members (excludes halogenated alkanes) is 3. The van der Waals surface area contributed by atoms with Gasteiger partial charge in [0.1, 0.15) is 11.6 Å². The molecule has 0 bridgehead atoms. The van der Waals surface area contributed by atoms with Gasteiger partial charge < -0.3 is 19.1 Å². The Kier molecular flexibility index (Phi) is 5.84. The van der Waals surface area contributed by atoms with Crippen molar-refractivity contribution in [3.63, 3.8) is 0 Å². The summed E-state index contributed by atoms with van der Waals surface area (Å²) in [5.41, 5.74) is -0.406. The lowest BCUT2D eigenvalue weighted by Gasteiger charge is -2.38. The number of nitrogens with zero attached hydrogens (tertiary/aromatic N) is 4. The normalized spacial score (nSPS) is 20.5. The lowest BCUT2D eigenvalue weighted by atomic mass is 9.91. The van der Waals surface area contributed by atoms with E-state index in [1.807, 2.05) is 27.5 Å². The Morgan fingerprint density at radius 1 is 1.31 bits per heavy atom. The van der Waals surface area contributed by atoms with Crippen molar-refractivity contribution in [3.05, 3.63) is 18.7 Å². The van der Waals surface area contributed by atoms with E-state index in [9.17, 15) is 9.59 Å². The molecule has 1 aromatic heterocycles. The van der Waals surface area contributed by atoms with E-state index in [1.165, 1.54) is 12.8 Å². The summed E-state index contributed by atoms with van der Waals surface area (Å²) in [6, 6.07) is -0.257. The highest BCUT2D eigenvalue weighted by Gasteiger charge is 2.47. The molecule has 2 aliphatic rings. The van der Waals surface area contributed by atoms with Crippen molar-refractivity contribution in [1.82, 2.24) is 19.4 Å². The maximum atomic E-state index is 12.7. The Hall–Kier alpha value is -2.05. The molecule has 0 saturated carbocycles. The third-order valence-corrected chi connectivity index (χ3v) is 5.64. The van der Waals surface area contributed by atoms with Crippen molar-refractivity contribution < 1.29 is 14.3 Å². The number of piperidine rings is 1. The Balaban J connectivity index is 1.50. The standard InChI is InChI=1S/C19H30N4O3/c1-3-4-5-6-10-22-14-19(26-18(22)25)7-11-21(12-8-19)17(24)16(2)23-13-9-20-15-23/h9,13,15-16H,3-8,10-12,14H2,1-2H3/t16-/m1/s1. The summed E-state index contributed by atoms with van der Waals surface area (Å²) in [7, 11) is 0. The minimum absolute atomic E-state index is 0.0959. The van der Waals surface area contributed by atoms with E-state index in [0.717, 1.165) is 19.4 Å². The van der Waals surface area contributed by atoms with E-state index in [4.69, 9.17) is 4.74 Å². The minimum Gasteiger partial charge on any atom is -0.441 e. The van der Waals surface area contributed by atoms with Crippen LogP contribution in [0, 0.1) is 0 Å². The molecule has 1 spiro atoms. The van der Waals surface area contributed by atoms with Crippen LogP contribution in [-0.4, -0.2) is 63.1 Å². The van der Waals surface area contributed by atoms with Crippen molar-refractivity contribution in [2.45, 2.75) is 64.0 Å². The fourth-order valence-electron chi connectivity index (χ4n) is 3.88. The molecule has 26 heavy (non-hydrogen) atoms. The van der Waals surface area contributed by atoms with Gasteiger partial charge in [0.05, 0.1) is 12.9 Å². The van der Waals surface area contributed by atoms with E-state index < -0.39 is 5.60 Å². The third-order valence-electron chi connectivity index (χ3n) is 5.64. The molecule has 0 N–H and O–H groups in total. The number of amides is 2. The van der Waals surface area contributed by atoms with Crippen LogP contribution in [0.2, 0.25) is 0 Å². The summed E-state index contributed by atoms with van der Waals surface area (Å²) in [6.07, 6.45) is 11.0. The number of hydrogen-bond donors (Lipinski definition) is 0. The number of rotatable bonds is 7. The van der Waals surface area contributed by atoms with Gasteiger partial charge >= 0.3 is 6.09 Å². The van der Waals surface area contributed by atoms with E-state index in [-0.39, 0.29) is 18.0 Å². The van der Waals surface area contributed by atoms with Crippen molar-refractivity contribution in [2.75, 3.05) is 26.2 Å². The second kappa shape index (κ2) is 8.10. The lowest BCUT2D eigenvalue weighted by Crippen LogP contribution is -2.50. The Bertz CT molecular complexity index is 608. The van der Waals surface area contributed by atoms with Crippen LogP contribution in [0.4, 0.5) is 4.79 Å². The van der Waals surface area contributed by atoms with E-state index in [0.29, 0.717) is 32.5 Å². The van der Waals surface area contributed by atoms with Crippen LogP contribution in [0.25, 0.3) is 0 Å². The SMILES string of the molecule is CCCCCCN1CC2(CCN(C(=O)[C@@H](C)n3ccnc3)CC2)OC1=O. The van der Waals surface area contributed by atoms with Gasteiger partial charge in [-0.25, -0.2) is 9.78 Å². The quantitative estimate of drug-likeness (QED) is 0.700. The number of hydrogen-bond acceptors (Lipinski definition) is 4.